The first-order valence-corrected chi connectivity index (χ1v) is 5.47. The summed E-state index contributed by atoms with van der Waals surface area (Å²) in [4.78, 5) is 0. The van der Waals surface area contributed by atoms with Gasteiger partial charge in [0, 0.05) is 11.7 Å². The molecule has 3 nitrogen and oxygen atoms in total. The second-order valence-corrected chi connectivity index (χ2v) is 4.22. The molecule has 0 saturated heterocycles. The lowest BCUT2D eigenvalue weighted by atomic mass is 10.1. The number of nitrogens with two attached hydrogens (primary N) is 1. The lowest BCUT2D eigenvalue weighted by Crippen LogP contribution is -2.06. The second kappa shape index (κ2) is 4.10. The van der Waals surface area contributed by atoms with E-state index in [4.69, 9.17) is 5.73 Å². The van der Waals surface area contributed by atoms with Gasteiger partial charge >= 0.3 is 0 Å². The fourth-order valence-corrected chi connectivity index (χ4v) is 1.83. The third-order valence-electron chi connectivity index (χ3n) is 2.65. The minimum Gasteiger partial charge on any atom is -0.324 e. The van der Waals surface area contributed by atoms with Crippen molar-refractivity contribution in [2.45, 2.75) is 26.8 Å². The van der Waals surface area contributed by atoms with Gasteiger partial charge in [-0.2, -0.15) is 5.10 Å². The number of hydrogen-bond acceptors (Lipinski definition) is 2. The van der Waals surface area contributed by atoms with Gasteiger partial charge in [-0.3, -0.25) is 0 Å². The van der Waals surface area contributed by atoms with Crippen molar-refractivity contribution in [1.29, 1.82) is 0 Å². The van der Waals surface area contributed by atoms with E-state index >= 15 is 0 Å². The highest BCUT2D eigenvalue weighted by atomic mass is 15.3. The van der Waals surface area contributed by atoms with Crippen molar-refractivity contribution in [3.8, 4) is 5.69 Å². The van der Waals surface area contributed by atoms with Crippen molar-refractivity contribution < 1.29 is 0 Å². The maximum Gasteiger partial charge on any atom is 0.0652 e. The van der Waals surface area contributed by atoms with Crippen LogP contribution in [0.4, 0.5) is 0 Å². The lowest BCUT2D eigenvalue weighted by molar-refractivity contribution is 0.800. The van der Waals surface area contributed by atoms with Gasteiger partial charge < -0.3 is 5.73 Å². The molecule has 0 spiro atoms. The average Bonchev–Trinajstić information content (AvgIpc) is 2.58. The largest absolute Gasteiger partial charge is 0.324 e. The molecule has 0 fully saturated rings. The minimum atomic E-state index is 0.0527. The zero-order chi connectivity index (χ0) is 11.7. The molecule has 0 aliphatic carbocycles. The van der Waals surface area contributed by atoms with E-state index in [-0.39, 0.29) is 6.04 Å². The SMILES string of the molecule is Cc1cc(C)n(-c2cccc(C(C)N)c2)n1. The van der Waals surface area contributed by atoms with Gasteiger partial charge in [0.1, 0.15) is 0 Å². The van der Waals surface area contributed by atoms with Crippen molar-refractivity contribution in [3.05, 3.63) is 47.3 Å². The Hall–Kier alpha value is -1.61. The maximum absolute atomic E-state index is 5.87. The molecule has 16 heavy (non-hydrogen) atoms. The molecule has 0 aliphatic heterocycles. The van der Waals surface area contributed by atoms with Crippen LogP contribution in [-0.2, 0) is 0 Å². The topological polar surface area (TPSA) is 43.8 Å². The van der Waals surface area contributed by atoms with Gasteiger partial charge in [0.05, 0.1) is 11.4 Å². The number of rotatable bonds is 2. The highest BCUT2D eigenvalue weighted by Crippen LogP contribution is 2.16. The summed E-state index contributed by atoms with van der Waals surface area (Å²) in [6, 6.07) is 10.3. The van der Waals surface area contributed by atoms with Crippen LogP contribution in [0.15, 0.2) is 30.3 Å². The maximum atomic E-state index is 5.87. The Labute approximate surface area is 95.9 Å². The van der Waals surface area contributed by atoms with E-state index in [0.29, 0.717) is 0 Å². The van der Waals surface area contributed by atoms with Crippen LogP contribution in [0.2, 0.25) is 0 Å². The van der Waals surface area contributed by atoms with Crippen molar-refractivity contribution in [1.82, 2.24) is 9.78 Å². The fourth-order valence-electron chi connectivity index (χ4n) is 1.83. The normalized spacial score (nSPS) is 12.8. The second-order valence-electron chi connectivity index (χ2n) is 4.22. The summed E-state index contributed by atoms with van der Waals surface area (Å²) >= 11 is 0. The van der Waals surface area contributed by atoms with Gasteiger partial charge in [-0.1, -0.05) is 12.1 Å². The summed E-state index contributed by atoms with van der Waals surface area (Å²) in [5.74, 6) is 0. The molecule has 1 atom stereocenters. The number of hydrogen-bond donors (Lipinski definition) is 1. The van der Waals surface area contributed by atoms with Crippen LogP contribution >= 0.6 is 0 Å². The molecular weight excluding hydrogens is 198 g/mol. The Balaban J connectivity index is 2.48. The van der Waals surface area contributed by atoms with E-state index in [9.17, 15) is 0 Å². The molecule has 1 aromatic carbocycles. The van der Waals surface area contributed by atoms with Gasteiger partial charge in [0.2, 0.25) is 0 Å². The van der Waals surface area contributed by atoms with Crippen LogP contribution in [0, 0.1) is 13.8 Å². The molecule has 0 radical (unpaired) electrons. The monoisotopic (exact) mass is 215 g/mol. The third kappa shape index (κ3) is 1.99. The van der Waals surface area contributed by atoms with Gasteiger partial charge in [0.25, 0.3) is 0 Å². The van der Waals surface area contributed by atoms with Crippen molar-refractivity contribution in [3.63, 3.8) is 0 Å². The highest BCUT2D eigenvalue weighted by Gasteiger charge is 2.05. The van der Waals surface area contributed by atoms with Gasteiger partial charge in [-0.05, 0) is 44.5 Å². The lowest BCUT2D eigenvalue weighted by Gasteiger charge is -2.09. The molecule has 2 N–H and O–H groups in total. The number of aromatic nitrogens is 2. The Kier molecular flexibility index (Phi) is 2.79. The van der Waals surface area contributed by atoms with Crippen molar-refractivity contribution in [2.75, 3.05) is 0 Å². The Morgan fingerprint density at radius 2 is 2.00 bits per heavy atom. The molecule has 1 unspecified atom stereocenters. The minimum absolute atomic E-state index is 0.0527. The van der Waals surface area contributed by atoms with Crippen LogP contribution in [-0.4, -0.2) is 9.78 Å². The third-order valence-corrected chi connectivity index (χ3v) is 2.65. The van der Waals surface area contributed by atoms with E-state index in [2.05, 4.69) is 24.2 Å². The standard InChI is InChI=1S/C13H17N3/c1-9-7-10(2)16(15-9)13-6-4-5-12(8-13)11(3)14/h4-8,11H,14H2,1-3H3. The molecule has 1 heterocycles. The van der Waals surface area contributed by atoms with E-state index in [1.54, 1.807) is 0 Å². The molecule has 2 aromatic rings. The van der Waals surface area contributed by atoms with E-state index < -0.39 is 0 Å². The number of benzene rings is 1. The zero-order valence-corrected chi connectivity index (χ0v) is 9.94. The van der Waals surface area contributed by atoms with Crippen LogP contribution in [0.25, 0.3) is 5.69 Å². The van der Waals surface area contributed by atoms with Crippen molar-refractivity contribution in [2.24, 2.45) is 5.73 Å². The molecular formula is C13H17N3. The first-order valence-electron chi connectivity index (χ1n) is 5.47. The quantitative estimate of drug-likeness (QED) is 0.836. The first-order chi connectivity index (χ1) is 7.58. The molecule has 2 rings (SSSR count). The smallest absolute Gasteiger partial charge is 0.0652 e. The number of nitrogens with zero attached hydrogens (tertiary/aromatic N) is 2. The molecule has 0 aliphatic rings. The molecule has 1 aromatic heterocycles. The summed E-state index contributed by atoms with van der Waals surface area (Å²) < 4.78 is 1.95. The Morgan fingerprint density at radius 1 is 1.25 bits per heavy atom. The molecule has 0 amide bonds. The zero-order valence-electron chi connectivity index (χ0n) is 9.94. The van der Waals surface area contributed by atoms with Gasteiger partial charge in [-0.25, -0.2) is 4.68 Å². The molecule has 84 valence electrons. The summed E-state index contributed by atoms with van der Waals surface area (Å²) in [5.41, 5.74) is 10.2. The van der Waals surface area contributed by atoms with Crippen LogP contribution in [0.1, 0.15) is 29.9 Å². The van der Waals surface area contributed by atoms with E-state index in [1.165, 1.54) is 0 Å². The summed E-state index contributed by atoms with van der Waals surface area (Å²) in [5, 5.41) is 4.46. The predicted octanol–water partition coefficient (Wildman–Crippen LogP) is 2.51. The van der Waals surface area contributed by atoms with E-state index in [1.807, 2.05) is 36.7 Å². The van der Waals surface area contributed by atoms with Crippen LogP contribution < -0.4 is 5.73 Å². The molecule has 3 heteroatoms. The van der Waals surface area contributed by atoms with Crippen LogP contribution in [0.3, 0.4) is 0 Å². The highest BCUT2D eigenvalue weighted by molar-refractivity contribution is 5.38. The van der Waals surface area contributed by atoms with Crippen LogP contribution in [0.5, 0.6) is 0 Å². The first kappa shape index (κ1) is 10.9. The van der Waals surface area contributed by atoms with Gasteiger partial charge in [0.15, 0.2) is 0 Å². The summed E-state index contributed by atoms with van der Waals surface area (Å²) in [6.07, 6.45) is 0. The summed E-state index contributed by atoms with van der Waals surface area (Å²) in [7, 11) is 0. The average molecular weight is 215 g/mol. The Bertz CT molecular complexity index is 498. The fraction of sp³-hybridized carbons (Fsp3) is 0.308. The van der Waals surface area contributed by atoms with Crippen molar-refractivity contribution >= 4 is 0 Å². The predicted molar refractivity (Wildman–Crippen MR) is 65.6 cm³/mol. The Morgan fingerprint density at radius 3 is 2.56 bits per heavy atom. The van der Waals surface area contributed by atoms with E-state index in [0.717, 1.165) is 22.6 Å². The molecule has 0 bridgehead atoms. The molecule has 0 saturated carbocycles. The summed E-state index contributed by atoms with van der Waals surface area (Å²) in [6.45, 7) is 6.04. The number of aryl methyl sites for hydroxylation is 2. The van der Waals surface area contributed by atoms with Gasteiger partial charge in [-0.15, -0.1) is 0 Å².